The number of benzene rings is 1. The first-order chi connectivity index (χ1) is 13.3. The number of esters is 1. The van der Waals surface area contributed by atoms with Crippen molar-refractivity contribution in [2.24, 2.45) is 7.05 Å². The SMILES string of the molecule is C[C@@H](OC(=O)Cc1c(-c2ccc(C(=O)O)cn2)cnn1C)c1cccc(F)c1. The number of carbonyl (C=O) groups excluding carboxylic acids is 1. The molecule has 0 saturated carbocycles. The molecule has 3 aromatic rings. The second kappa shape index (κ2) is 7.99. The van der Waals surface area contributed by atoms with Gasteiger partial charge in [-0.3, -0.25) is 14.5 Å². The Morgan fingerprint density at radius 3 is 2.68 bits per heavy atom. The van der Waals surface area contributed by atoms with E-state index < -0.39 is 23.9 Å². The largest absolute Gasteiger partial charge is 0.478 e. The van der Waals surface area contributed by atoms with Gasteiger partial charge in [0.15, 0.2) is 0 Å². The molecule has 0 saturated heterocycles. The van der Waals surface area contributed by atoms with Crippen LogP contribution in [0.4, 0.5) is 4.39 Å². The predicted molar refractivity (Wildman–Crippen MR) is 98.0 cm³/mol. The molecule has 144 valence electrons. The summed E-state index contributed by atoms with van der Waals surface area (Å²) >= 11 is 0. The molecule has 0 spiro atoms. The van der Waals surface area contributed by atoms with Crippen LogP contribution < -0.4 is 0 Å². The Morgan fingerprint density at radius 1 is 1.25 bits per heavy atom. The number of halogens is 1. The highest BCUT2D eigenvalue weighted by Crippen LogP contribution is 2.24. The number of aromatic nitrogens is 3. The fourth-order valence-electron chi connectivity index (χ4n) is 2.77. The number of rotatable bonds is 6. The van der Waals surface area contributed by atoms with Crippen molar-refractivity contribution >= 4 is 11.9 Å². The average molecular weight is 383 g/mol. The van der Waals surface area contributed by atoms with Crippen molar-refractivity contribution in [1.82, 2.24) is 14.8 Å². The fraction of sp³-hybridized carbons (Fsp3) is 0.200. The van der Waals surface area contributed by atoms with Gasteiger partial charge in [-0.15, -0.1) is 0 Å². The maximum atomic E-state index is 13.3. The van der Waals surface area contributed by atoms with Gasteiger partial charge in [-0.25, -0.2) is 9.18 Å². The number of aromatic carboxylic acids is 1. The van der Waals surface area contributed by atoms with Crippen molar-refractivity contribution in [1.29, 1.82) is 0 Å². The molecule has 2 aromatic heterocycles. The van der Waals surface area contributed by atoms with Gasteiger partial charge in [0.2, 0.25) is 0 Å². The van der Waals surface area contributed by atoms with E-state index in [1.165, 1.54) is 29.1 Å². The Bertz CT molecular complexity index is 1010. The molecule has 2 heterocycles. The number of ether oxygens (including phenoxy) is 1. The molecule has 0 unspecified atom stereocenters. The zero-order valence-corrected chi connectivity index (χ0v) is 15.3. The number of carboxylic acids is 1. The molecule has 0 aliphatic rings. The fourth-order valence-corrected chi connectivity index (χ4v) is 2.77. The minimum Gasteiger partial charge on any atom is -0.478 e. The standard InChI is InChI=1S/C20H18FN3O4/c1-12(13-4-3-5-15(21)8-13)28-19(25)9-18-16(11-23-24(18)2)17-7-6-14(10-22-17)20(26)27/h3-8,10-12H,9H2,1-2H3,(H,26,27)/t12-/m1/s1. The van der Waals surface area contributed by atoms with E-state index in [9.17, 15) is 14.0 Å². The normalized spacial score (nSPS) is 11.8. The number of carbonyl (C=O) groups is 2. The lowest BCUT2D eigenvalue weighted by atomic mass is 10.1. The molecular weight excluding hydrogens is 365 g/mol. The summed E-state index contributed by atoms with van der Waals surface area (Å²) in [6.07, 6.45) is 2.14. The summed E-state index contributed by atoms with van der Waals surface area (Å²) in [6, 6.07) is 8.88. The van der Waals surface area contributed by atoms with E-state index >= 15 is 0 Å². The van der Waals surface area contributed by atoms with Crippen molar-refractivity contribution in [3.05, 3.63) is 71.4 Å². The topological polar surface area (TPSA) is 94.3 Å². The quantitative estimate of drug-likeness (QED) is 0.657. The van der Waals surface area contributed by atoms with Crippen molar-refractivity contribution in [3.63, 3.8) is 0 Å². The van der Waals surface area contributed by atoms with Crippen LogP contribution in [-0.4, -0.2) is 31.8 Å². The third-order valence-electron chi connectivity index (χ3n) is 4.29. The van der Waals surface area contributed by atoms with Crippen LogP contribution in [0.15, 0.2) is 48.8 Å². The van der Waals surface area contributed by atoms with Crippen LogP contribution >= 0.6 is 0 Å². The Hall–Kier alpha value is -3.55. The zero-order chi connectivity index (χ0) is 20.3. The van der Waals surface area contributed by atoms with E-state index in [0.717, 1.165) is 0 Å². The van der Waals surface area contributed by atoms with Gasteiger partial charge in [-0.05, 0) is 36.8 Å². The molecule has 1 N–H and O–H groups in total. The lowest BCUT2D eigenvalue weighted by Gasteiger charge is -2.14. The third kappa shape index (κ3) is 4.22. The Kier molecular flexibility index (Phi) is 5.49. The van der Waals surface area contributed by atoms with Crippen LogP contribution in [0.1, 0.15) is 34.6 Å². The van der Waals surface area contributed by atoms with Crippen LogP contribution in [0.25, 0.3) is 11.3 Å². The lowest BCUT2D eigenvalue weighted by Crippen LogP contribution is -2.14. The van der Waals surface area contributed by atoms with E-state index in [1.54, 1.807) is 38.4 Å². The smallest absolute Gasteiger partial charge is 0.337 e. The first kappa shape index (κ1) is 19.2. The molecule has 28 heavy (non-hydrogen) atoms. The molecule has 0 radical (unpaired) electrons. The molecule has 0 fully saturated rings. The van der Waals surface area contributed by atoms with Crippen LogP contribution in [0.5, 0.6) is 0 Å². The molecule has 0 aliphatic carbocycles. The van der Waals surface area contributed by atoms with Crippen molar-refractivity contribution in [3.8, 4) is 11.3 Å². The van der Waals surface area contributed by atoms with E-state index in [-0.39, 0.29) is 12.0 Å². The molecule has 1 aromatic carbocycles. The summed E-state index contributed by atoms with van der Waals surface area (Å²) in [5, 5.41) is 13.1. The van der Waals surface area contributed by atoms with Crippen LogP contribution in [0.2, 0.25) is 0 Å². The minimum absolute atomic E-state index is 0.0617. The van der Waals surface area contributed by atoms with Gasteiger partial charge in [0, 0.05) is 18.8 Å². The van der Waals surface area contributed by atoms with Crippen molar-refractivity contribution in [2.75, 3.05) is 0 Å². The van der Waals surface area contributed by atoms with Crippen molar-refractivity contribution < 1.29 is 23.8 Å². The van der Waals surface area contributed by atoms with E-state index in [1.807, 2.05) is 0 Å². The van der Waals surface area contributed by atoms with Crippen LogP contribution in [0.3, 0.4) is 0 Å². The summed E-state index contributed by atoms with van der Waals surface area (Å²) in [5.41, 5.74) is 2.31. The highest BCUT2D eigenvalue weighted by Gasteiger charge is 2.19. The number of hydrogen-bond acceptors (Lipinski definition) is 5. The van der Waals surface area contributed by atoms with Crippen molar-refractivity contribution in [2.45, 2.75) is 19.4 Å². The van der Waals surface area contributed by atoms with Gasteiger partial charge in [0.05, 0.1) is 29.6 Å². The Balaban J connectivity index is 1.76. The van der Waals surface area contributed by atoms with E-state index in [0.29, 0.717) is 22.5 Å². The Morgan fingerprint density at radius 2 is 2.04 bits per heavy atom. The number of aryl methyl sites for hydroxylation is 1. The molecule has 7 nitrogen and oxygen atoms in total. The highest BCUT2D eigenvalue weighted by atomic mass is 19.1. The third-order valence-corrected chi connectivity index (χ3v) is 4.29. The second-order valence-corrected chi connectivity index (χ2v) is 6.23. The first-order valence-corrected chi connectivity index (χ1v) is 8.50. The maximum absolute atomic E-state index is 13.3. The maximum Gasteiger partial charge on any atom is 0.337 e. The molecular formula is C20H18FN3O4. The number of pyridine rings is 1. The molecule has 1 atom stereocenters. The molecule has 3 rings (SSSR count). The molecule has 0 aliphatic heterocycles. The van der Waals surface area contributed by atoms with Crippen LogP contribution in [0, 0.1) is 5.82 Å². The van der Waals surface area contributed by atoms with Gasteiger partial charge in [-0.1, -0.05) is 12.1 Å². The van der Waals surface area contributed by atoms with Gasteiger partial charge < -0.3 is 9.84 Å². The Labute approximate surface area is 160 Å². The predicted octanol–water partition coefficient (Wildman–Crippen LogP) is 3.17. The minimum atomic E-state index is -1.07. The lowest BCUT2D eigenvalue weighted by molar-refractivity contribution is -0.147. The molecule has 0 amide bonds. The molecule has 0 bridgehead atoms. The second-order valence-electron chi connectivity index (χ2n) is 6.23. The van der Waals surface area contributed by atoms with Crippen LogP contribution in [-0.2, 0) is 23.0 Å². The average Bonchev–Trinajstić information content (AvgIpc) is 3.02. The van der Waals surface area contributed by atoms with Gasteiger partial charge >= 0.3 is 11.9 Å². The number of nitrogens with zero attached hydrogens (tertiary/aromatic N) is 3. The number of carboxylic acid groups (broad SMARTS) is 1. The summed E-state index contributed by atoms with van der Waals surface area (Å²) in [5.74, 6) is -1.96. The van der Waals surface area contributed by atoms with E-state index in [2.05, 4.69) is 10.1 Å². The van der Waals surface area contributed by atoms with Gasteiger partial charge in [-0.2, -0.15) is 5.10 Å². The van der Waals surface area contributed by atoms with Gasteiger partial charge in [0.25, 0.3) is 0 Å². The first-order valence-electron chi connectivity index (χ1n) is 8.50. The zero-order valence-electron chi connectivity index (χ0n) is 15.3. The monoisotopic (exact) mass is 383 g/mol. The summed E-state index contributed by atoms with van der Waals surface area (Å²) in [4.78, 5) is 27.5. The summed E-state index contributed by atoms with van der Waals surface area (Å²) in [7, 11) is 1.69. The molecule has 8 heteroatoms. The summed E-state index contributed by atoms with van der Waals surface area (Å²) in [6.45, 7) is 1.67. The summed E-state index contributed by atoms with van der Waals surface area (Å²) < 4.78 is 20.3. The highest BCUT2D eigenvalue weighted by molar-refractivity contribution is 5.87. The number of hydrogen-bond donors (Lipinski definition) is 1. The van der Waals surface area contributed by atoms with E-state index in [4.69, 9.17) is 9.84 Å². The van der Waals surface area contributed by atoms with Gasteiger partial charge in [0.1, 0.15) is 11.9 Å².